The Morgan fingerprint density at radius 1 is 1.44 bits per heavy atom. The number of benzene rings is 1. The van der Waals surface area contributed by atoms with Crippen LogP contribution in [0.5, 0.6) is 0 Å². The molecule has 8 heteroatoms. The first-order valence-electron chi connectivity index (χ1n) is 8.10. The summed E-state index contributed by atoms with van der Waals surface area (Å²) >= 11 is 1.40. The molecule has 7 nitrogen and oxygen atoms in total. The first kappa shape index (κ1) is 17.4. The van der Waals surface area contributed by atoms with Crippen molar-refractivity contribution < 1.29 is 14.8 Å². The Bertz CT molecular complexity index is 777. The van der Waals surface area contributed by atoms with E-state index in [4.69, 9.17) is 0 Å². The van der Waals surface area contributed by atoms with Crippen molar-refractivity contribution in [2.24, 2.45) is 0 Å². The van der Waals surface area contributed by atoms with Gasteiger partial charge in [-0.3, -0.25) is 15.3 Å². The molecule has 3 N–H and O–H groups in total. The lowest BCUT2D eigenvalue weighted by Crippen LogP contribution is -2.52. The highest BCUT2D eigenvalue weighted by Gasteiger charge is 2.29. The molecule has 1 aliphatic rings. The number of nitrogens with one attached hydrogen (secondary N) is 2. The third kappa shape index (κ3) is 4.34. The third-order valence-electron chi connectivity index (χ3n) is 4.12. The standard InChI is InChI=1S/C17H20N4O3S/c1-11-5-2-3-6-12(11)9-13-10-18-17(25-13)20-16(23)19-14-7-4-8-21(24)15(14)22/h2-3,5-6,10,14,24H,4,7-9H2,1H3,(H2,18,19,20,23). The summed E-state index contributed by atoms with van der Waals surface area (Å²) in [6.07, 6.45) is 3.66. The van der Waals surface area contributed by atoms with Gasteiger partial charge in [0.2, 0.25) is 0 Å². The number of amides is 3. The maximum Gasteiger partial charge on any atom is 0.321 e. The summed E-state index contributed by atoms with van der Waals surface area (Å²) in [5, 5.41) is 15.8. The van der Waals surface area contributed by atoms with Gasteiger partial charge in [-0.25, -0.2) is 14.8 Å². The average Bonchev–Trinajstić information content (AvgIpc) is 3.01. The smallest absolute Gasteiger partial charge is 0.321 e. The van der Waals surface area contributed by atoms with Crippen LogP contribution in [0.1, 0.15) is 28.8 Å². The van der Waals surface area contributed by atoms with Gasteiger partial charge < -0.3 is 5.32 Å². The molecule has 3 rings (SSSR count). The van der Waals surface area contributed by atoms with E-state index in [1.54, 1.807) is 6.20 Å². The Hall–Kier alpha value is -2.45. The summed E-state index contributed by atoms with van der Waals surface area (Å²) in [6, 6.07) is 6.94. The molecule has 1 saturated heterocycles. The van der Waals surface area contributed by atoms with Crippen LogP contribution in [-0.4, -0.2) is 39.8 Å². The van der Waals surface area contributed by atoms with Crippen molar-refractivity contribution in [2.45, 2.75) is 32.2 Å². The molecule has 2 aromatic rings. The zero-order valence-corrected chi connectivity index (χ0v) is 14.7. The number of thiazole rings is 1. The molecule has 3 amide bonds. The lowest BCUT2D eigenvalue weighted by Gasteiger charge is -2.27. The quantitative estimate of drug-likeness (QED) is 0.730. The number of hydrogen-bond acceptors (Lipinski definition) is 5. The van der Waals surface area contributed by atoms with Crippen molar-refractivity contribution in [3.05, 3.63) is 46.5 Å². The number of anilines is 1. The van der Waals surface area contributed by atoms with Crippen LogP contribution in [-0.2, 0) is 11.2 Å². The van der Waals surface area contributed by atoms with Gasteiger partial charge in [0, 0.05) is 24.0 Å². The fourth-order valence-corrected chi connectivity index (χ4v) is 3.56. The molecule has 0 radical (unpaired) electrons. The molecule has 1 fully saturated rings. The highest BCUT2D eigenvalue weighted by atomic mass is 32.1. The molecule has 1 unspecified atom stereocenters. The Balaban J connectivity index is 1.57. The maximum absolute atomic E-state index is 12.0. The van der Waals surface area contributed by atoms with Crippen LogP contribution in [0.25, 0.3) is 0 Å². The van der Waals surface area contributed by atoms with Gasteiger partial charge in [-0.2, -0.15) is 0 Å². The van der Waals surface area contributed by atoms with Gasteiger partial charge in [0.25, 0.3) is 5.91 Å². The van der Waals surface area contributed by atoms with Crippen molar-refractivity contribution >= 4 is 28.4 Å². The van der Waals surface area contributed by atoms with E-state index in [2.05, 4.69) is 34.7 Å². The van der Waals surface area contributed by atoms with E-state index in [0.717, 1.165) is 11.3 Å². The summed E-state index contributed by atoms with van der Waals surface area (Å²) in [4.78, 5) is 29.1. The van der Waals surface area contributed by atoms with E-state index >= 15 is 0 Å². The molecular weight excluding hydrogens is 340 g/mol. The summed E-state index contributed by atoms with van der Waals surface area (Å²) in [5.74, 6) is -0.485. The minimum atomic E-state index is -0.704. The molecule has 0 aliphatic carbocycles. The maximum atomic E-state index is 12.0. The second-order valence-corrected chi connectivity index (χ2v) is 7.10. The van der Waals surface area contributed by atoms with Crippen molar-refractivity contribution in [3.63, 3.8) is 0 Å². The number of hydroxylamine groups is 2. The fraction of sp³-hybridized carbons (Fsp3) is 0.353. The van der Waals surface area contributed by atoms with Gasteiger partial charge in [-0.05, 0) is 30.9 Å². The normalized spacial score (nSPS) is 17.4. The van der Waals surface area contributed by atoms with Crippen LogP contribution in [0.2, 0.25) is 0 Å². The minimum Gasteiger partial charge on any atom is -0.326 e. The predicted molar refractivity (Wildman–Crippen MR) is 94.8 cm³/mol. The first-order chi connectivity index (χ1) is 12.0. The highest BCUT2D eigenvalue weighted by molar-refractivity contribution is 7.15. The SMILES string of the molecule is Cc1ccccc1Cc1cnc(NC(=O)NC2CCCN(O)C2=O)s1. The van der Waals surface area contributed by atoms with Crippen LogP contribution < -0.4 is 10.6 Å². The van der Waals surface area contributed by atoms with Gasteiger partial charge >= 0.3 is 6.03 Å². The number of piperidine rings is 1. The number of carbonyl (C=O) groups is 2. The molecule has 25 heavy (non-hydrogen) atoms. The Labute approximate surface area is 149 Å². The van der Waals surface area contributed by atoms with Crippen LogP contribution in [0.15, 0.2) is 30.5 Å². The summed E-state index contributed by atoms with van der Waals surface area (Å²) < 4.78 is 0. The molecular formula is C17H20N4O3S. The number of aryl methyl sites for hydroxylation is 1. The van der Waals surface area contributed by atoms with Gasteiger partial charge in [-0.1, -0.05) is 24.3 Å². The van der Waals surface area contributed by atoms with E-state index in [1.165, 1.54) is 22.5 Å². The monoisotopic (exact) mass is 360 g/mol. The number of aromatic nitrogens is 1. The van der Waals surface area contributed by atoms with Gasteiger partial charge in [-0.15, -0.1) is 11.3 Å². The molecule has 0 saturated carbocycles. The minimum absolute atomic E-state index is 0.299. The van der Waals surface area contributed by atoms with Crippen LogP contribution in [0.4, 0.5) is 9.93 Å². The lowest BCUT2D eigenvalue weighted by molar-refractivity contribution is -0.172. The molecule has 1 aromatic heterocycles. The van der Waals surface area contributed by atoms with E-state index in [0.29, 0.717) is 29.6 Å². The number of urea groups is 1. The second-order valence-electron chi connectivity index (χ2n) is 5.99. The van der Waals surface area contributed by atoms with Crippen molar-refractivity contribution in [1.82, 2.24) is 15.4 Å². The largest absolute Gasteiger partial charge is 0.326 e. The fourth-order valence-electron chi connectivity index (χ4n) is 2.73. The highest BCUT2D eigenvalue weighted by Crippen LogP contribution is 2.22. The number of carbonyl (C=O) groups excluding carboxylic acids is 2. The first-order valence-corrected chi connectivity index (χ1v) is 8.91. The Kier molecular flexibility index (Phi) is 5.30. The molecule has 1 atom stereocenters. The van der Waals surface area contributed by atoms with Gasteiger partial charge in [0.1, 0.15) is 6.04 Å². The average molecular weight is 360 g/mol. The summed E-state index contributed by atoms with van der Waals surface area (Å²) in [7, 11) is 0. The number of hydrogen-bond donors (Lipinski definition) is 3. The molecule has 0 spiro atoms. The van der Waals surface area contributed by atoms with E-state index < -0.39 is 18.0 Å². The molecule has 1 aromatic carbocycles. The lowest BCUT2D eigenvalue weighted by atomic mass is 10.1. The van der Waals surface area contributed by atoms with Crippen LogP contribution in [0.3, 0.4) is 0 Å². The molecule has 1 aliphatic heterocycles. The zero-order valence-electron chi connectivity index (χ0n) is 13.9. The Morgan fingerprint density at radius 3 is 3.04 bits per heavy atom. The zero-order chi connectivity index (χ0) is 17.8. The predicted octanol–water partition coefficient (Wildman–Crippen LogP) is 2.54. The molecule has 132 valence electrons. The number of rotatable bonds is 4. The van der Waals surface area contributed by atoms with E-state index in [-0.39, 0.29) is 0 Å². The van der Waals surface area contributed by atoms with Crippen LogP contribution >= 0.6 is 11.3 Å². The number of nitrogens with zero attached hydrogens (tertiary/aromatic N) is 2. The second kappa shape index (κ2) is 7.62. The van der Waals surface area contributed by atoms with Crippen molar-refractivity contribution in [2.75, 3.05) is 11.9 Å². The topological polar surface area (TPSA) is 94.6 Å². The van der Waals surface area contributed by atoms with Crippen molar-refractivity contribution in [3.8, 4) is 0 Å². The van der Waals surface area contributed by atoms with Crippen molar-refractivity contribution in [1.29, 1.82) is 0 Å². The third-order valence-corrected chi connectivity index (χ3v) is 5.03. The van der Waals surface area contributed by atoms with Crippen LogP contribution in [0, 0.1) is 6.92 Å². The van der Waals surface area contributed by atoms with Gasteiger partial charge in [0.05, 0.1) is 0 Å². The Morgan fingerprint density at radius 2 is 2.24 bits per heavy atom. The van der Waals surface area contributed by atoms with E-state index in [1.807, 2.05) is 12.1 Å². The molecule has 2 heterocycles. The van der Waals surface area contributed by atoms with E-state index in [9.17, 15) is 14.8 Å². The summed E-state index contributed by atoms with van der Waals surface area (Å²) in [5.41, 5.74) is 2.44. The summed E-state index contributed by atoms with van der Waals surface area (Å²) in [6.45, 7) is 2.36. The molecule has 0 bridgehead atoms. The van der Waals surface area contributed by atoms with Gasteiger partial charge in [0.15, 0.2) is 5.13 Å².